The maximum absolute atomic E-state index is 5.40. The van der Waals surface area contributed by atoms with Crippen LogP contribution in [0, 0.1) is 4.77 Å². The largest absolute Gasteiger partial charge is 0.267 e. The molecule has 2 aromatic carbocycles. The quantitative estimate of drug-likeness (QED) is 0.571. The van der Waals surface area contributed by atoms with Crippen molar-refractivity contribution < 1.29 is 0 Å². The number of aromatic nitrogens is 5. The van der Waals surface area contributed by atoms with Crippen LogP contribution in [0.2, 0.25) is 0 Å². The Morgan fingerprint density at radius 1 is 0.957 bits per heavy atom. The summed E-state index contributed by atoms with van der Waals surface area (Å²) < 4.78 is 6.55. The zero-order valence-corrected chi connectivity index (χ0v) is 13.5. The molecular weight excluding hydrogens is 326 g/mol. The van der Waals surface area contributed by atoms with E-state index in [2.05, 4.69) is 19.8 Å². The summed E-state index contributed by atoms with van der Waals surface area (Å²) in [6.07, 6.45) is 0. The van der Waals surface area contributed by atoms with Gasteiger partial charge < -0.3 is 0 Å². The number of para-hydroxylation sites is 1. The third kappa shape index (κ3) is 2.49. The molecule has 4 rings (SSSR count). The molecule has 2 heterocycles. The zero-order chi connectivity index (χ0) is 15.6. The molecule has 0 fully saturated rings. The highest BCUT2D eigenvalue weighted by molar-refractivity contribution is 7.71. The number of hydrogen-bond acceptors (Lipinski definition) is 5. The van der Waals surface area contributed by atoms with E-state index in [9.17, 15) is 0 Å². The third-order valence-corrected chi connectivity index (χ3v) is 4.42. The summed E-state index contributed by atoms with van der Waals surface area (Å²) in [5, 5.41) is 11.5. The van der Waals surface area contributed by atoms with Crippen molar-refractivity contribution in [1.82, 2.24) is 24.4 Å². The van der Waals surface area contributed by atoms with Crippen molar-refractivity contribution in [3.8, 4) is 27.6 Å². The van der Waals surface area contributed by atoms with Gasteiger partial charge in [0.05, 0.1) is 0 Å². The van der Waals surface area contributed by atoms with Crippen LogP contribution >= 0.6 is 23.8 Å². The number of rotatable bonds is 3. The van der Waals surface area contributed by atoms with Gasteiger partial charge in [0.25, 0.3) is 0 Å². The second kappa shape index (κ2) is 5.86. The van der Waals surface area contributed by atoms with E-state index in [0.29, 0.717) is 4.77 Å². The van der Waals surface area contributed by atoms with Crippen molar-refractivity contribution in [2.45, 2.75) is 0 Å². The first-order valence-electron chi connectivity index (χ1n) is 6.95. The Kier molecular flexibility index (Phi) is 3.57. The molecule has 2 aromatic heterocycles. The maximum atomic E-state index is 5.40. The summed E-state index contributed by atoms with van der Waals surface area (Å²) in [6.45, 7) is 0. The fraction of sp³-hybridized carbons (Fsp3) is 0. The van der Waals surface area contributed by atoms with Crippen LogP contribution in [0.4, 0.5) is 0 Å². The number of aromatic amines is 1. The average molecular weight is 337 g/mol. The van der Waals surface area contributed by atoms with E-state index >= 15 is 0 Å². The summed E-state index contributed by atoms with van der Waals surface area (Å²) in [4.78, 5) is 0.882. The summed E-state index contributed by atoms with van der Waals surface area (Å²) in [7, 11) is 0. The zero-order valence-electron chi connectivity index (χ0n) is 11.9. The standard InChI is InChI=1S/C16H11N5S2/c22-16-19-18-15(21(16)12-9-5-2-6-10-12)14-13(17-20-23-14)11-7-3-1-4-8-11/h1-10H,(H,19,22). The number of benzene rings is 2. The molecule has 23 heavy (non-hydrogen) atoms. The van der Waals surface area contributed by atoms with Crippen molar-refractivity contribution in [2.75, 3.05) is 0 Å². The van der Waals surface area contributed by atoms with Gasteiger partial charge in [0.15, 0.2) is 10.6 Å². The molecule has 0 saturated heterocycles. The molecule has 7 heteroatoms. The molecule has 0 spiro atoms. The van der Waals surface area contributed by atoms with E-state index in [0.717, 1.165) is 27.6 Å². The number of nitrogens with zero attached hydrogens (tertiary/aromatic N) is 4. The van der Waals surface area contributed by atoms with E-state index in [1.54, 1.807) is 0 Å². The minimum absolute atomic E-state index is 0.540. The molecule has 0 amide bonds. The normalized spacial score (nSPS) is 10.8. The minimum Gasteiger partial charge on any atom is -0.267 e. The second-order valence-electron chi connectivity index (χ2n) is 4.84. The molecular formula is C16H11N5S2. The van der Waals surface area contributed by atoms with Crippen LogP contribution in [0.3, 0.4) is 0 Å². The summed E-state index contributed by atoms with van der Waals surface area (Å²) in [5.41, 5.74) is 2.76. The van der Waals surface area contributed by atoms with Gasteiger partial charge >= 0.3 is 0 Å². The fourth-order valence-electron chi connectivity index (χ4n) is 2.39. The first-order valence-corrected chi connectivity index (χ1v) is 8.14. The molecule has 112 valence electrons. The van der Waals surface area contributed by atoms with Crippen LogP contribution in [-0.4, -0.2) is 24.4 Å². The van der Waals surface area contributed by atoms with Gasteiger partial charge in [-0.05, 0) is 35.9 Å². The van der Waals surface area contributed by atoms with Crippen molar-refractivity contribution in [3.63, 3.8) is 0 Å². The van der Waals surface area contributed by atoms with Crippen LogP contribution in [0.25, 0.3) is 27.6 Å². The predicted octanol–water partition coefficient (Wildman–Crippen LogP) is 4.12. The average Bonchev–Trinajstić information content (AvgIpc) is 3.23. The Balaban J connectivity index is 1.92. The topological polar surface area (TPSA) is 59.4 Å². The van der Waals surface area contributed by atoms with Gasteiger partial charge in [0.2, 0.25) is 0 Å². The van der Waals surface area contributed by atoms with E-state index in [1.807, 2.05) is 65.2 Å². The fourth-order valence-corrected chi connectivity index (χ4v) is 3.29. The molecule has 0 aliphatic rings. The van der Waals surface area contributed by atoms with Crippen molar-refractivity contribution >= 4 is 23.8 Å². The summed E-state index contributed by atoms with van der Waals surface area (Å²) in [6, 6.07) is 19.8. The van der Waals surface area contributed by atoms with Gasteiger partial charge in [-0.1, -0.05) is 53.0 Å². The van der Waals surface area contributed by atoms with Gasteiger partial charge in [-0.25, -0.2) is 0 Å². The van der Waals surface area contributed by atoms with Gasteiger partial charge in [-0.3, -0.25) is 9.67 Å². The SMILES string of the molecule is S=c1[nH]nc(-c2snnc2-c2ccccc2)n1-c1ccccc1. The van der Waals surface area contributed by atoms with Crippen LogP contribution in [-0.2, 0) is 0 Å². The van der Waals surface area contributed by atoms with Gasteiger partial charge in [0, 0.05) is 11.3 Å². The molecule has 0 bridgehead atoms. The van der Waals surface area contributed by atoms with Crippen molar-refractivity contribution in [1.29, 1.82) is 0 Å². The van der Waals surface area contributed by atoms with Gasteiger partial charge in [-0.2, -0.15) is 5.10 Å². The van der Waals surface area contributed by atoms with E-state index in [1.165, 1.54) is 11.5 Å². The Bertz CT molecular complexity index is 986. The molecule has 1 N–H and O–H groups in total. The highest BCUT2D eigenvalue weighted by Crippen LogP contribution is 2.33. The monoisotopic (exact) mass is 337 g/mol. The van der Waals surface area contributed by atoms with Crippen LogP contribution in [0.5, 0.6) is 0 Å². The molecule has 0 saturated carbocycles. The van der Waals surface area contributed by atoms with Crippen molar-refractivity contribution in [2.24, 2.45) is 0 Å². The summed E-state index contributed by atoms with van der Waals surface area (Å²) in [5.74, 6) is 0.718. The Hall–Kier alpha value is -2.64. The molecule has 0 radical (unpaired) electrons. The Morgan fingerprint density at radius 2 is 1.65 bits per heavy atom. The lowest BCUT2D eigenvalue weighted by molar-refractivity contribution is 1.04. The van der Waals surface area contributed by atoms with E-state index in [4.69, 9.17) is 12.2 Å². The number of nitrogens with one attached hydrogen (secondary N) is 1. The highest BCUT2D eigenvalue weighted by atomic mass is 32.1. The minimum atomic E-state index is 0.540. The third-order valence-electron chi connectivity index (χ3n) is 3.43. The first-order chi connectivity index (χ1) is 11.3. The smallest absolute Gasteiger partial charge is 0.200 e. The lowest BCUT2D eigenvalue weighted by atomic mass is 10.1. The predicted molar refractivity (Wildman–Crippen MR) is 93.1 cm³/mol. The lowest BCUT2D eigenvalue weighted by Crippen LogP contribution is -1.97. The molecule has 0 unspecified atom stereocenters. The highest BCUT2D eigenvalue weighted by Gasteiger charge is 2.19. The van der Waals surface area contributed by atoms with Crippen LogP contribution in [0.1, 0.15) is 0 Å². The maximum Gasteiger partial charge on any atom is 0.200 e. The lowest BCUT2D eigenvalue weighted by Gasteiger charge is -2.06. The van der Waals surface area contributed by atoms with Crippen molar-refractivity contribution in [3.05, 3.63) is 65.4 Å². The molecule has 5 nitrogen and oxygen atoms in total. The molecule has 0 aliphatic heterocycles. The van der Waals surface area contributed by atoms with Gasteiger partial charge in [-0.15, -0.1) is 5.10 Å². The van der Waals surface area contributed by atoms with E-state index in [-0.39, 0.29) is 0 Å². The Labute approximate surface area is 141 Å². The van der Waals surface area contributed by atoms with Crippen LogP contribution < -0.4 is 0 Å². The first kappa shape index (κ1) is 14.0. The van der Waals surface area contributed by atoms with Gasteiger partial charge in [0.1, 0.15) is 10.6 Å². The second-order valence-corrected chi connectivity index (χ2v) is 5.98. The number of H-pyrrole nitrogens is 1. The molecule has 0 atom stereocenters. The summed E-state index contributed by atoms with van der Waals surface area (Å²) >= 11 is 6.71. The van der Waals surface area contributed by atoms with E-state index < -0.39 is 0 Å². The number of hydrogen-bond donors (Lipinski definition) is 1. The molecule has 0 aliphatic carbocycles. The molecule has 4 aromatic rings. The Morgan fingerprint density at radius 3 is 2.39 bits per heavy atom. The van der Waals surface area contributed by atoms with Crippen LogP contribution in [0.15, 0.2) is 60.7 Å².